The molecule has 0 aliphatic heterocycles. The van der Waals surface area contributed by atoms with E-state index in [1.165, 1.54) is 0 Å². The third-order valence-corrected chi connectivity index (χ3v) is 2.13. The normalized spacial score (nSPS) is 10.3. The number of hydrogen-bond acceptors (Lipinski definition) is 3. The van der Waals surface area contributed by atoms with Crippen molar-refractivity contribution in [3.8, 4) is 6.07 Å². The van der Waals surface area contributed by atoms with Crippen LogP contribution in [0.3, 0.4) is 0 Å². The van der Waals surface area contributed by atoms with Gasteiger partial charge in [0.15, 0.2) is 0 Å². The van der Waals surface area contributed by atoms with E-state index in [0.717, 1.165) is 13.0 Å². The smallest absolute Gasteiger partial charge is 0.234 e. The van der Waals surface area contributed by atoms with Crippen molar-refractivity contribution in [3.63, 3.8) is 0 Å². The molecule has 0 heterocycles. The molecule has 0 spiro atoms. The van der Waals surface area contributed by atoms with Crippen LogP contribution in [-0.4, -0.2) is 37.0 Å². The van der Waals surface area contributed by atoms with Gasteiger partial charge in [-0.15, -0.1) is 0 Å². The van der Waals surface area contributed by atoms with E-state index >= 15 is 0 Å². The molecule has 80 valence electrons. The highest BCUT2D eigenvalue weighted by Gasteiger charge is 2.02. The Balaban J connectivity index is 3.38. The summed E-state index contributed by atoms with van der Waals surface area (Å²) < 4.78 is 0. The average molecular weight is 197 g/mol. The van der Waals surface area contributed by atoms with Gasteiger partial charge in [-0.25, -0.2) is 0 Å². The van der Waals surface area contributed by atoms with Crippen LogP contribution in [0.15, 0.2) is 0 Å². The van der Waals surface area contributed by atoms with Crippen molar-refractivity contribution in [1.82, 2.24) is 10.2 Å². The van der Waals surface area contributed by atoms with Gasteiger partial charge in [-0.05, 0) is 33.9 Å². The van der Waals surface area contributed by atoms with E-state index in [0.29, 0.717) is 12.6 Å². The molecule has 0 unspecified atom stereocenters. The van der Waals surface area contributed by atoms with Gasteiger partial charge < -0.3 is 10.2 Å². The molecule has 0 fully saturated rings. The van der Waals surface area contributed by atoms with E-state index in [2.05, 4.69) is 31.1 Å². The van der Waals surface area contributed by atoms with Gasteiger partial charge in [0.05, 0.1) is 6.07 Å². The number of rotatable bonds is 6. The Morgan fingerprint density at radius 2 is 2.21 bits per heavy atom. The minimum atomic E-state index is -0.181. The summed E-state index contributed by atoms with van der Waals surface area (Å²) in [6, 6.07) is 2.35. The number of nitrogens with zero attached hydrogens (tertiary/aromatic N) is 2. The number of nitrogens with one attached hydrogen (secondary N) is 1. The fraction of sp³-hybridized carbons (Fsp3) is 0.800. The third kappa shape index (κ3) is 6.44. The molecular weight excluding hydrogens is 178 g/mol. The third-order valence-electron chi connectivity index (χ3n) is 2.13. The topological polar surface area (TPSA) is 56.1 Å². The molecule has 0 aromatic carbocycles. The summed E-state index contributed by atoms with van der Waals surface area (Å²) in [6.45, 7) is 5.88. The van der Waals surface area contributed by atoms with Gasteiger partial charge in [0.25, 0.3) is 0 Å². The van der Waals surface area contributed by atoms with Crippen molar-refractivity contribution in [2.75, 3.05) is 20.1 Å². The zero-order valence-electron chi connectivity index (χ0n) is 9.21. The van der Waals surface area contributed by atoms with Gasteiger partial charge in [0, 0.05) is 12.6 Å². The predicted molar refractivity (Wildman–Crippen MR) is 55.6 cm³/mol. The van der Waals surface area contributed by atoms with Crippen molar-refractivity contribution in [3.05, 3.63) is 0 Å². The van der Waals surface area contributed by atoms with Crippen molar-refractivity contribution in [2.45, 2.75) is 32.7 Å². The lowest BCUT2D eigenvalue weighted by Gasteiger charge is -2.20. The summed E-state index contributed by atoms with van der Waals surface area (Å²) in [5.41, 5.74) is 0. The molecule has 0 saturated heterocycles. The second-order valence-corrected chi connectivity index (χ2v) is 3.61. The Morgan fingerprint density at radius 3 is 2.71 bits per heavy atom. The lowest BCUT2D eigenvalue weighted by Crippen LogP contribution is -2.31. The maximum atomic E-state index is 10.9. The first-order valence-corrected chi connectivity index (χ1v) is 4.91. The van der Waals surface area contributed by atoms with Crippen molar-refractivity contribution < 1.29 is 4.79 Å². The van der Waals surface area contributed by atoms with Crippen LogP contribution in [0.5, 0.6) is 0 Å². The molecule has 0 bridgehead atoms. The lowest BCUT2D eigenvalue weighted by atomic mass is 10.3. The summed E-state index contributed by atoms with van der Waals surface area (Å²) in [5.74, 6) is -0.181. The lowest BCUT2D eigenvalue weighted by molar-refractivity contribution is -0.120. The SMILES string of the molecule is CC(C)N(C)CCCNC(=O)CC#N. The highest BCUT2D eigenvalue weighted by atomic mass is 16.1. The number of amides is 1. The van der Waals surface area contributed by atoms with E-state index in [1.54, 1.807) is 0 Å². The largest absolute Gasteiger partial charge is 0.355 e. The molecule has 0 radical (unpaired) electrons. The van der Waals surface area contributed by atoms with Crippen LogP contribution >= 0.6 is 0 Å². The van der Waals surface area contributed by atoms with Gasteiger partial charge in [-0.3, -0.25) is 4.79 Å². The van der Waals surface area contributed by atoms with Crippen LogP contribution < -0.4 is 5.32 Å². The zero-order chi connectivity index (χ0) is 11.0. The summed E-state index contributed by atoms with van der Waals surface area (Å²) in [7, 11) is 2.06. The van der Waals surface area contributed by atoms with E-state index in [-0.39, 0.29) is 12.3 Å². The number of carbonyl (C=O) groups excluding carboxylic acids is 1. The van der Waals surface area contributed by atoms with Crippen molar-refractivity contribution in [2.24, 2.45) is 0 Å². The first-order chi connectivity index (χ1) is 6.57. The highest BCUT2D eigenvalue weighted by molar-refractivity contribution is 5.77. The Hall–Kier alpha value is -1.08. The number of nitriles is 1. The molecule has 0 aliphatic rings. The summed E-state index contributed by atoms with van der Waals surface area (Å²) >= 11 is 0. The van der Waals surface area contributed by atoms with Crippen LogP contribution in [0.1, 0.15) is 26.7 Å². The standard InChI is InChI=1S/C10H19N3O/c1-9(2)13(3)8-4-7-12-10(14)5-6-11/h9H,4-5,7-8H2,1-3H3,(H,12,14). The highest BCUT2D eigenvalue weighted by Crippen LogP contribution is 1.94. The van der Waals surface area contributed by atoms with Crippen LogP contribution in [0, 0.1) is 11.3 Å². The molecule has 0 aliphatic carbocycles. The van der Waals surface area contributed by atoms with E-state index in [1.807, 2.05) is 6.07 Å². The molecule has 0 aromatic heterocycles. The van der Waals surface area contributed by atoms with Gasteiger partial charge >= 0.3 is 0 Å². The molecule has 1 N–H and O–H groups in total. The van der Waals surface area contributed by atoms with E-state index in [9.17, 15) is 4.79 Å². The molecule has 4 heteroatoms. The molecular formula is C10H19N3O. The van der Waals surface area contributed by atoms with Gasteiger partial charge in [0.2, 0.25) is 5.91 Å². The Labute approximate surface area is 85.9 Å². The first-order valence-electron chi connectivity index (χ1n) is 4.91. The first kappa shape index (κ1) is 12.9. The molecule has 14 heavy (non-hydrogen) atoms. The molecule has 1 amide bonds. The fourth-order valence-electron chi connectivity index (χ4n) is 0.949. The molecule has 0 atom stereocenters. The van der Waals surface area contributed by atoms with Crippen LogP contribution in [0.4, 0.5) is 0 Å². The molecule has 0 saturated carbocycles. The summed E-state index contributed by atoms with van der Waals surface area (Å²) in [5, 5.41) is 10.9. The van der Waals surface area contributed by atoms with Crippen molar-refractivity contribution in [1.29, 1.82) is 5.26 Å². The molecule has 4 nitrogen and oxygen atoms in total. The van der Waals surface area contributed by atoms with Gasteiger partial charge in [-0.2, -0.15) is 5.26 Å². The Bertz CT molecular complexity index is 208. The fourth-order valence-corrected chi connectivity index (χ4v) is 0.949. The van der Waals surface area contributed by atoms with Gasteiger partial charge in [0.1, 0.15) is 6.42 Å². The van der Waals surface area contributed by atoms with Crippen LogP contribution in [0.2, 0.25) is 0 Å². The zero-order valence-corrected chi connectivity index (χ0v) is 9.21. The molecule has 0 aromatic rings. The van der Waals surface area contributed by atoms with Crippen LogP contribution in [0.25, 0.3) is 0 Å². The minimum absolute atomic E-state index is 0.0416. The second kappa shape index (κ2) is 7.34. The van der Waals surface area contributed by atoms with Gasteiger partial charge in [-0.1, -0.05) is 0 Å². The Morgan fingerprint density at radius 1 is 1.57 bits per heavy atom. The molecule has 0 rings (SSSR count). The number of hydrogen-bond donors (Lipinski definition) is 1. The summed E-state index contributed by atoms with van der Waals surface area (Å²) in [6.07, 6.45) is 0.881. The van der Waals surface area contributed by atoms with E-state index < -0.39 is 0 Å². The maximum Gasteiger partial charge on any atom is 0.234 e. The maximum absolute atomic E-state index is 10.9. The summed E-state index contributed by atoms with van der Waals surface area (Å²) in [4.78, 5) is 13.1. The van der Waals surface area contributed by atoms with E-state index in [4.69, 9.17) is 5.26 Å². The Kier molecular flexibility index (Phi) is 6.77. The second-order valence-electron chi connectivity index (χ2n) is 3.61. The number of carbonyl (C=O) groups is 1. The van der Waals surface area contributed by atoms with Crippen molar-refractivity contribution >= 4 is 5.91 Å². The van der Waals surface area contributed by atoms with Crippen LogP contribution in [-0.2, 0) is 4.79 Å². The quantitative estimate of drug-likeness (QED) is 0.639. The average Bonchev–Trinajstić information content (AvgIpc) is 2.12. The monoisotopic (exact) mass is 197 g/mol. The predicted octanol–water partition coefficient (Wildman–Crippen LogP) is 0.747. The minimum Gasteiger partial charge on any atom is -0.355 e.